The molecule has 31 heavy (non-hydrogen) atoms. The lowest BCUT2D eigenvalue weighted by Crippen LogP contribution is -2.31. The highest BCUT2D eigenvalue weighted by Crippen LogP contribution is 2.37. The molecule has 1 N–H and O–H groups in total. The first-order valence-corrected chi connectivity index (χ1v) is 11.8. The summed E-state index contributed by atoms with van der Waals surface area (Å²) in [5.74, 6) is 0.391. The summed E-state index contributed by atoms with van der Waals surface area (Å²) in [5, 5.41) is 4.55. The number of nitrogens with one attached hydrogen (secondary N) is 1. The van der Waals surface area contributed by atoms with Gasteiger partial charge in [-0.05, 0) is 60.0 Å². The molecule has 5 nitrogen and oxygen atoms in total. The van der Waals surface area contributed by atoms with Gasteiger partial charge >= 0.3 is 5.97 Å². The van der Waals surface area contributed by atoms with Gasteiger partial charge in [-0.25, -0.2) is 4.79 Å². The average molecular weight is 485 g/mol. The summed E-state index contributed by atoms with van der Waals surface area (Å²) in [7, 11) is 1.63. The van der Waals surface area contributed by atoms with Crippen LogP contribution < -0.4 is 10.1 Å². The molecule has 0 atom stereocenters. The molecule has 1 aromatic heterocycles. The summed E-state index contributed by atoms with van der Waals surface area (Å²) >= 11 is 3.62. The van der Waals surface area contributed by atoms with Crippen LogP contribution in [0.5, 0.6) is 5.75 Å². The highest BCUT2D eigenvalue weighted by Gasteiger charge is 2.26. The summed E-state index contributed by atoms with van der Waals surface area (Å²) in [6, 6.07) is 14.6. The number of nitrogens with zero attached hydrogens (tertiary/aromatic N) is 1. The van der Waals surface area contributed by atoms with Crippen LogP contribution in [0.1, 0.15) is 55.1 Å². The standard InChI is InChI=1S/C25H29BrN2O3/c1-3-31-25(29)24-19-14-23(30-2)20(26)15-21(19)28(18-12-8-5-9-13-18)22(24)16-27-17-10-6-4-7-11-17/h5,8-9,12-15,17,27H,3-4,6-7,10-11,16H2,1-2H3. The second-order valence-electron chi connectivity index (χ2n) is 7.93. The maximum atomic E-state index is 13.1. The van der Waals surface area contributed by atoms with E-state index in [1.807, 2.05) is 37.3 Å². The number of fused-ring (bicyclic) bond motifs is 1. The smallest absolute Gasteiger partial charge is 0.340 e. The SMILES string of the molecule is CCOC(=O)c1c(CNC2CCCCC2)n(-c2ccccc2)c2cc(Br)c(OC)cc12. The molecule has 0 radical (unpaired) electrons. The Bertz CT molecular complexity index is 1060. The van der Waals surface area contributed by atoms with Crippen LogP contribution in [0.4, 0.5) is 0 Å². The number of para-hydroxylation sites is 1. The van der Waals surface area contributed by atoms with Crippen LogP contribution in [0.25, 0.3) is 16.6 Å². The number of hydrogen-bond donors (Lipinski definition) is 1. The van der Waals surface area contributed by atoms with Gasteiger partial charge in [0.1, 0.15) is 5.75 Å². The molecule has 2 aromatic carbocycles. The molecule has 1 saturated carbocycles. The van der Waals surface area contributed by atoms with E-state index in [9.17, 15) is 4.79 Å². The van der Waals surface area contributed by atoms with Crippen molar-refractivity contribution in [3.63, 3.8) is 0 Å². The quantitative estimate of drug-likeness (QED) is 0.417. The third-order valence-electron chi connectivity index (χ3n) is 6.00. The average Bonchev–Trinajstić information content (AvgIpc) is 3.11. The summed E-state index contributed by atoms with van der Waals surface area (Å²) in [4.78, 5) is 13.1. The molecular weight excluding hydrogens is 456 g/mol. The number of carbonyl (C=O) groups is 1. The first kappa shape index (κ1) is 21.9. The molecule has 0 unspecified atom stereocenters. The molecule has 164 valence electrons. The van der Waals surface area contributed by atoms with E-state index < -0.39 is 0 Å². The lowest BCUT2D eigenvalue weighted by molar-refractivity contribution is 0.0527. The Kier molecular flexibility index (Phi) is 6.98. The van der Waals surface area contributed by atoms with Crippen molar-refractivity contribution in [1.82, 2.24) is 9.88 Å². The maximum absolute atomic E-state index is 13.1. The lowest BCUT2D eigenvalue weighted by Gasteiger charge is -2.23. The van der Waals surface area contributed by atoms with Gasteiger partial charge in [-0.2, -0.15) is 0 Å². The Morgan fingerprint density at radius 2 is 1.90 bits per heavy atom. The Morgan fingerprint density at radius 1 is 1.16 bits per heavy atom. The van der Waals surface area contributed by atoms with Crippen molar-refractivity contribution in [3.05, 3.63) is 58.2 Å². The number of aromatic nitrogens is 1. The van der Waals surface area contributed by atoms with Gasteiger partial charge in [-0.1, -0.05) is 37.5 Å². The van der Waals surface area contributed by atoms with Gasteiger partial charge in [0.2, 0.25) is 0 Å². The zero-order valence-corrected chi connectivity index (χ0v) is 19.7. The van der Waals surface area contributed by atoms with E-state index in [1.54, 1.807) is 7.11 Å². The van der Waals surface area contributed by atoms with E-state index in [0.717, 1.165) is 26.8 Å². The minimum atomic E-state index is -0.299. The van der Waals surface area contributed by atoms with Gasteiger partial charge in [0.25, 0.3) is 0 Å². The summed E-state index contributed by atoms with van der Waals surface area (Å²) in [5.41, 5.74) is 3.49. The van der Waals surface area contributed by atoms with E-state index in [1.165, 1.54) is 32.1 Å². The molecule has 0 aliphatic heterocycles. The highest BCUT2D eigenvalue weighted by molar-refractivity contribution is 9.10. The molecule has 6 heteroatoms. The summed E-state index contributed by atoms with van der Waals surface area (Å²) in [6.07, 6.45) is 6.19. The first-order chi connectivity index (χ1) is 15.1. The second kappa shape index (κ2) is 9.88. The van der Waals surface area contributed by atoms with E-state index >= 15 is 0 Å². The zero-order valence-electron chi connectivity index (χ0n) is 18.1. The largest absolute Gasteiger partial charge is 0.496 e. The molecular formula is C25H29BrN2O3. The molecule has 0 amide bonds. The van der Waals surface area contributed by atoms with Crippen LogP contribution >= 0.6 is 15.9 Å². The van der Waals surface area contributed by atoms with Gasteiger partial charge in [-0.3, -0.25) is 0 Å². The lowest BCUT2D eigenvalue weighted by atomic mass is 9.95. The number of hydrogen-bond acceptors (Lipinski definition) is 4. The van der Waals surface area contributed by atoms with Gasteiger partial charge in [0.15, 0.2) is 0 Å². The number of rotatable bonds is 7. The molecule has 1 heterocycles. The van der Waals surface area contributed by atoms with Crippen molar-refractivity contribution < 1.29 is 14.3 Å². The Hall–Kier alpha value is -2.31. The van der Waals surface area contributed by atoms with Gasteiger partial charge < -0.3 is 19.4 Å². The Labute approximate surface area is 191 Å². The molecule has 0 saturated heterocycles. The van der Waals surface area contributed by atoms with E-state index in [2.05, 4.69) is 37.9 Å². The van der Waals surface area contributed by atoms with Crippen molar-refractivity contribution in [2.45, 2.75) is 51.6 Å². The zero-order chi connectivity index (χ0) is 21.8. The number of carbonyl (C=O) groups excluding carboxylic acids is 1. The van der Waals surface area contributed by atoms with Crippen molar-refractivity contribution in [2.75, 3.05) is 13.7 Å². The fraction of sp³-hybridized carbons (Fsp3) is 0.400. The van der Waals surface area contributed by atoms with E-state index in [4.69, 9.17) is 9.47 Å². The van der Waals surface area contributed by atoms with Crippen LogP contribution in [0.2, 0.25) is 0 Å². The Morgan fingerprint density at radius 3 is 2.58 bits per heavy atom. The van der Waals surface area contributed by atoms with Gasteiger partial charge in [0, 0.05) is 23.7 Å². The molecule has 1 fully saturated rings. The molecule has 0 bridgehead atoms. The minimum absolute atomic E-state index is 0.299. The number of ether oxygens (including phenoxy) is 2. The number of esters is 1. The van der Waals surface area contributed by atoms with Gasteiger partial charge in [-0.15, -0.1) is 0 Å². The highest BCUT2D eigenvalue weighted by atomic mass is 79.9. The summed E-state index contributed by atoms with van der Waals surface area (Å²) < 4.78 is 14.0. The van der Waals surface area contributed by atoms with Crippen LogP contribution in [-0.4, -0.2) is 30.3 Å². The fourth-order valence-corrected chi connectivity index (χ4v) is 5.01. The molecule has 3 aromatic rings. The third kappa shape index (κ3) is 4.51. The maximum Gasteiger partial charge on any atom is 0.340 e. The number of methoxy groups -OCH3 is 1. The van der Waals surface area contributed by atoms with Crippen LogP contribution in [0.3, 0.4) is 0 Å². The Balaban J connectivity index is 1.91. The number of benzene rings is 2. The normalized spacial score (nSPS) is 14.7. The molecule has 4 rings (SSSR count). The fourth-order valence-electron chi connectivity index (χ4n) is 4.52. The van der Waals surface area contributed by atoms with Crippen molar-refractivity contribution >= 4 is 32.8 Å². The van der Waals surface area contributed by atoms with Crippen molar-refractivity contribution in [2.24, 2.45) is 0 Å². The van der Waals surface area contributed by atoms with E-state index in [0.29, 0.717) is 30.5 Å². The summed E-state index contributed by atoms with van der Waals surface area (Å²) in [6.45, 7) is 2.77. The molecule has 1 aliphatic carbocycles. The van der Waals surface area contributed by atoms with Gasteiger partial charge in [0.05, 0.1) is 35.0 Å². The third-order valence-corrected chi connectivity index (χ3v) is 6.62. The van der Waals surface area contributed by atoms with Crippen LogP contribution in [0.15, 0.2) is 46.9 Å². The second-order valence-corrected chi connectivity index (χ2v) is 8.79. The van der Waals surface area contributed by atoms with Crippen LogP contribution in [0, 0.1) is 0 Å². The predicted octanol–water partition coefficient (Wildman–Crippen LogP) is 6.00. The van der Waals surface area contributed by atoms with Crippen molar-refractivity contribution in [3.8, 4) is 11.4 Å². The van der Waals surface area contributed by atoms with E-state index in [-0.39, 0.29) is 5.97 Å². The van der Waals surface area contributed by atoms with Crippen LogP contribution in [-0.2, 0) is 11.3 Å². The monoisotopic (exact) mass is 484 g/mol. The minimum Gasteiger partial charge on any atom is -0.496 e. The number of halogens is 1. The topological polar surface area (TPSA) is 52.5 Å². The molecule has 1 aliphatic rings. The predicted molar refractivity (Wildman–Crippen MR) is 127 cm³/mol. The first-order valence-electron chi connectivity index (χ1n) is 11.0. The van der Waals surface area contributed by atoms with Crippen molar-refractivity contribution in [1.29, 1.82) is 0 Å². The molecule has 0 spiro atoms.